The van der Waals surface area contributed by atoms with Gasteiger partial charge in [0.15, 0.2) is 17.4 Å². The van der Waals surface area contributed by atoms with Gasteiger partial charge >= 0.3 is 12.3 Å². The van der Waals surface area contributed by atoms with Gasteiger partial charge in [-0.2, -0.15) is 22.0 Å². The highest BCUT2D eigenvalue weighted by Crippen LogP contribution is 2.43. The second kappa shape index (κ2) is 11.0. The van der Waals surface area contributed by atoms with Crippen LogP contribution in [0.15, 0.2) is 36.1 Å². The van der Waals surface area contributed by atoms with E-state index in [-0.39, 0.29) is 24.3 Å². The van der Waals surface area contributed by atoms with Crippen LogP contribution in [0, 0.1) is 29.4 Å². The summed E-state index contributed by atoms with van der Waals surface area (Å²) in [5.74, 6) is -3.22. The topological polar surface area (TPSA) is 18.5 Å². The van der Waals surface area contributed by atoms with E-state index in [4.69, 9.17) is 0 Å². The molecule has 0 N–H and O–H groups in total. The molecule has 3 rings (SSSR count). The lowest BCUT2D eigenvalue weighted by Gasteiger charge is -2.36. The minimum atomic E-state index is -4.74. The van der Waals surface area contributed by atoms with Crippen molar-refractivity contribution in [2.45, 2.75) is 77.0 Å². The Hall–Kier alpha value is -2.19. The van der Waals surface area contributed by atoms with E-state index in [1.165, 1.54) is 31.8 Å². The summed E-state index contributed by atoms with van der Waals surface area (Å²) >= 11 is 0. The first-order chi connectivity index (χ1) is 16.0. The summed E-state index contributed by atoms with van der Waals surface area (Å²) in [7, 11) is 0. The maximum absolute atomic E-state index is 14.7. The van der Waals surface area contributed by atoms with Gasteiger partial charge in [0, 0.05) is 17.7 Å². The van der Waals surface area contributed by atoms with Crippen molar-refractivity contribution in [3.05, 3.63) is 47.8 Å². The lowest BCUT2D eigenvalue weighted by molar-refractivity contribution is -0.145. The highest BCUT2D eigenvalue weighted by molar-refractivity contribution is 5.36. The minimum Gasteiger partial charge on any atom is -0.459 e. The van der Waals surface area contributed by atoms with Gasteiger partial charge in [-0.25, -0.2) is 8.78 Å². The van der Waals surface area contributed by atoms with Crippen LogP contribution in [0.25, 0.3) is 0 Å². The maximum atomic E-state index is 14.7. The molecule has 1 aromatic rings. The molecule has 1 fully saturated rings. The van der Waals surface area contributed by atoms with E-state index in [1.54, 1.807) is 0 Å². The Morgan fingerprint density at radius 3 is 2.12 bits per heavy atom. The summed E-state index contributed by atoms with van der Waals surface area (Å²) in [6.07, 6.45) is 0.962. The first-order valence-corrected chi connectivity index (χ1v) is 11.6. The standard InChI is InChI=1S/C25H29F7O2/c1-2-3-16-4-6-17(7-5-16)18-8-10-19(11-9-18)25(31,32)34-20-14-21(26)23(22(27)15-20)33-13-12-24(28,29)30/h10,12-18H,2-9,11H2,1H3/b13-12+. The molecule has 0 heterocycles. The average molecular weight is 494 g/mol. The summed E-state index contributed by atoms with van der Waals surface area (Å²) < 4.78 is 103. The number of benzene rings is 1. The number of ether oxygens (including phenoxy) is 2. The van der Waals surface area contributed by atoms with Crippen LogP contribution in [-0.2, 0) is 0 Å². The molecule has 0 aliphatic heterocycles. The van der Waals surface area contributed by atoms with Crippen molar-refractivity contribution in [2.24, 2.45) is 17.8 Å². The molecule has 9 heteroatoms. The van der Waals surface area contributed by atoms with E-state index in [0.717, 1.165) is 18.8 Å². The molecule has 2 aliphatic rings. The van der Waals surface area contributed by atoms with E-state index >= 15 is 0 Å². The van der Waals surface area contributed by atoms with Crippen molar-refractivity contribution in [3.8, 4) is 11.5 Å². The molecule has 0 aromatic heterocycles. The first kappa shape index (κ1) is 26.4. The number of alkyl halides is 5. The fraction of sp³-hybridized carbons (Fsp3) is 0.600. The van der Waals surface area contributed by atoms with Crippen molar-refractivity contribution in [1.29, 1.82) is 0 Å². The van der Waals surface area contributed by atoms with Gasteiger partial charge in [0.05, 0.1) is 12.3 Å². The SMILES string of the molecule is CCCC1CCC(C2CC=C(C(F)(F)Oc3cc(F)c(O/C=C/C(F)(F)F)c(F)c3)CC2)CC1. The summed E-state index contributed by atoms with van der Waals surface area (Å²) in [4.78, 5) is 0. The molecule has 1 aromatic carbocycles. The van der Waals surface area contributed by atoms with Gasteiger partial charge in [-0.1, -0.05) is 38.7 Å². The fourth-order valence-electron chi connectivity index (χ4n) is 5.00. The van der Waals surface area contributed by atoms with Gasteiger partial charge in [0.2, 0.25) is 0 Å². The molecule has 0 saturated heterocycles. The van der Waals surface area contributed by atoms with Gasteiger partial charge in [-0.3, -0.25) is 0 Å². The van der Waals surface area contributed by atoms with Crippen molar-refractivity contribution < 1.29 is 40.2 Å². The monoisotopic (exact) mass is 494 g/mol. The number of allylic oxidation sites excluding steroid dienone is 2. The third kappa shape index (κ3) is 7.15. The second-order valence-corrected chi connectivity index (χ2v) is 9.13. The molecule has 0 radical (unpaired) electrons. The second-order valence-electron chi connectivity index (χ2n) is 9.13. The quantitative estimate of drug-likeness (QED) is 0.204. The maximum Gasteiger partial charge on any atom is 0.422 e. The molecule has 1 atom stereocenters. The van der Waals surface area contributed by atoms with Gasteiger partial charge < -0.3 is 9.47 Å². The summed E-state index contributed by atoms with van der Waals surface area (Å²) in [5, 5.41) is 0. The number of halogens is 7. The van der Waals surface area contributed by atoms with E-state index in [2.05, 4.69) is 16.4 Å². The first-order valence-electron chi connectivity index (χ1n) is 11.6. The van der Waals surface area contributed by atoms with Gasteiger partial charge in [0.1, 0.15) is 5.75 Å². The highest BCUT2D eigenvalue weighted by atomic mass is 19.4. The predicted molar refractivity (Wildman–Crippen MR) is 114 cm³/mol. The Bertz CT molecular complexity index is 861. The number of hydrogen-bond donors (Lipinski definition) is 0. The van der Waals surface area contributed by atoms with Crippen LogP contribution in [0.5, 0.6) is 11.5 Å². The Kier molecular flexibility index (Phi) is 8.57. The molecule has 1 saturated carbocycles. The molecule has 1 unspecified atom stereocenters. The van der Waals surface area contributed by atoms with Crippen molar-refractivity contribution >= 4 is 0 Å². The van der Waals surface area contributed by atoms with Crippen molar-refractivity contribution in [3.63, 3.8) is 0 Å². The molecule has 0 spiro atoms. The van der Waals surface area contributed by atoms with Crippen LogP contribution >= 0.6 is 0 Å². The van der Waals surface area contributed by atoms with Crippen LogP contribution in [0.1, 0.15) is 64.7 Å². The molecule has 2 nitrogen and oxygen atoms in total. The Balaban J connectivity index is 1.60. The summed E-state index contributed by atoms with van der Waals surface area (Å²) in [6, 6.07) is 0.906. The predicted octanol–water partition coefficient (Wildman–Crippen LogP) is 8.72. The Morgan fingerprint density at radius 2 is 1.59 bits per heavy atom. The molecule has 0 bridgehead atoms. The molecule has 0 amide bonds. The van der Waals surface area contributed by atoms with E-state index in [1.807, 2.05) is 0 Å². The van der Waals surface area contributed by atoms with Crippen LogP contribution in [-0.4, -0.2) is 12.3 Å². The third-order valence-corrected chi connectivity index (χ3v) is 6.74. The van der Waals surface area contributed by atoms with Gasteiger partial charge in [-0.05, 0) is 49.9 Å². The number of hydrogen-bond acceptors (Lipinski definition) is 2. The largest absolute Gasteiger partial charge is 0.459 e. The van der Waals surface area contributed by atoms with Crippen LogP contribution in [0.4, 0.5) is 30.7 Å². The average Bonchev–Trinajstić information content (AvgIpc) is 2.75. The molecule has 190 valence electrons. The van der Waals surface area contributed by atoms with Gasteiger partial charge in [-0.15, -0.1) is 0 Å². The molecular formula is C25H29F7O2. The van der Waals surface area contributed by atoms with Gasteiger partial charge in [0.25, 0.3) is 0 Å². The molecular weight excluding hydrogens is 465 g/mol. The normalized spacial score (nSPS) is 24.2. The lowest BCUT2D eigenvalue weighted by atomic mass is 9.70. The summed E-state index contributed by atoms with van der Waals surface area (Å²) in [5.41, 5.74) is -0.238. The zero-order chi connectivity index (χ0) is 24.9. The van der Waals surface area contributed by atoms with E-state index in [9.17, 15) is 30.7 Å². The smallest absolute Gasteiger partial charge is 0.422 e. The van der Waals surface area contributed by atoms with E-state index in [0.29, 0.717) is 36.8 Å². The minimum absolute atomic E-state index is 0.0656. The van der Waals surface area contributed by atoms with Crippen LogP contribution in [0.2, 0.25) is 0 Å². The Labute approximate surface area is 194 Å². The highest BCUT2D eigenvalue weighted by Gasteiger charge is 2.40. The summed E-state index contributed by atoms with van der Waals surface area (Å²) in [6.45, 7) is 2.18. The molecule has 2 aliphatic carbocycles. The van der Waals surface area contributed by atoms with Crippen LogP contribution < -0.4 is 9.47 Å². The zero-order valence-corrected chi connectivity index (χ0v) is 18.9. The Morgan fingerprint density at radius 1 is 0.941 bits per heavy atom. The fourth-order valence-corrected chi connectivity index (χ4v) is 5.00. The zero-order valence-electron chi connectivity index (χ0n) is 18.9. The van der Waals surface area contributed by atoms with Crippen molar-refractivity contribution in [2.75, 3.05) is 0 Å². The number of rotatable bonds is 8. The molecule has 34 heavy (non-hydrogen) atoms. The lowest BCUT2D eigenvalue weighted by Crippen LogP contribution is -2.31. The van der Waals surface area contributed by atoms with Crippen LogP contribution in [0.3, 0.4) is 0 Å². The van der Waals surface area contributed by atoms with Crippen molar-refractivity contribution in [1.82, 2.24) is 0 Å². The third-order valence-electron chi connectivity index (χ3n) is 6.74. The van der Waals surface area contributed by atoms with E-state index < -0.39 is 35.4 Å².